The standard InChI is InChI=1S/C20H23N3OS/c24-18(20-9-14-6-15(10-20)8-16(7-14)11-20)12-25-19-22-21-13-23(19)17-4-2-1-3-5-17/h1-5,13-16H,6-12H2. The quantitative estimate of drug-likeness (QED) is 0.758. The Morgan fingerprint density at radius 1 is 1.08 bits per heavy atom. The number of carbonyl (C=O) groups is 1. The van der Waals surface area contributed by atoms with Gasteiger partial charge in [0, 0.05) is 11.1 Å². The van der Waals surface area contributed by atoms with Crippen molar-refractivity contribution in [1.82, 2.24) is 14.8 Å². The van der Waals surface area contributed by atoms with Crippen LogP contribution in [0.3, 0.4) is 0 Å². The fourth-order valence-corrected chi connectivity index (χ4v) is 6.79. The van der Waals surface area contributed by atoms with Crippen molar-refractivity contribution in [2.45, 2.75) is 43.7 Å². The smallest absolute Gasteiger partial charge is 0.196 e. The van der Waals surface area contributed by atoms with E-state index in [0.29, 0.717) is 11.5 Å². The zero-order chi connectivity index (χ0) is 16.9. The largest absolute Gasteiger partial charge is 0.298 e. The highest BCUT2D eigenvalue weighted by Gasteiger charge is 2.54. The van der Waals surface area contributed by atoms with E-state index in [4.69, 9.17) is 0 Å². The predicted molar refractivity (Wildman–Crippen MR) is 97.7 cm³/mol. The highest BCUT2D eigenvalue weighted by molar-refractivity contribution is 7.99. The van der Waals surface area contributed by atoms with E-state index in [2.05, 4.69) is 10.2 Å². The van der Waals surface area contributed by atoms with Crippen LogP contribution in [0.2, 0.25) is 0 Å². The first-order chi connectivity index (χ1) is 12.2. The fraction of sp³-hybridized carbons (Fsp3) is 0.550. The number of hydrogen-bond acceptors (Lipinski definition) is 4. The number of hydrogen-bond donors (Lipinski definition) is 0. The minimum absolute atomic E-state index is 0.0145. The Bertz CT molecular complexity index is 750. The lowest BCUT2D eigenvalue weighted by atomic mass is 9.48. The molecule has 0 spiro atoms. The highest BCUT2D eigenvalue weighted by Crippen LogP contribution is 2.60. The molecule has 0 unspecified atom stereocenters. The van der Waals surface area contributed by atoms with Crippen LogP contribution in [0.15, 0.2) is 41.8 Å². The van der Waals surface area contributed by atoms with E-state index in [0.717, 1.165) is 47.9 Å². The molecule has 130 valence electrons. The number of Topliss-reactive ketones (excluding diaryl/α,β-unsaturated/α-hetero) is 1. The number of rotatable bonds is 5. The number of nitrogens with zero attached hydrogens (tertiary/aromatic N) is 3. The Hall–Kier alpha value is -1.62. The monoisotopic (exact) mass is 353 g/mol. The molecule has 0 radical (unpaired) electrons. The summed E-state index contributed by atoms with van der Waals surface area (Å²) >= 11 is 1.55. The number of aromatic nitrogens is 3. The van der Waals surface area contributed by atoms with E-state index in [9.17, 15) is 4.79 Å². The number of thioether (sulfide) groups is 1. The average molecular weight is 353 g/mol. The van der Waals surface area contributed by atoms with E-state index in [-0.39, 0.29) is 5.41 Å². The zero-order valence-electron chi connectivity index (χ0n) is 14.3. The van der Waals surface area contributed by atoms with Gasteiger partial charge < -0.3 is 0 Å². The molecule has 5 heteroatoms. The molecule has 1 aromatic heterocycles. The Morgan fingerprint density at radius 2 is 1.72 bits per heavy atom. The lowest BCUT2D eigenvalue weighted by Crippen LogP contribution is -2.50. The molecule has 0 atom stereocenters. The van der Waals surface area contributed by atoms with Crippen LogP contribution >= 0.6 is 11.8 Å². The van der Waals surface area contributed by atoms with Gasteiger partial charge in [0.05, 0.1) is 5.75 Å². The van der Waals surface area contributed by atoms with Gasteiger partial charge in [0.1, 0.15) is 12.1 Å². The van der Waals surface area contributed by atoms with Gasteiger partial charge in [-0.1, -0.05) is 30.0 Å². The van der Waals surface area contributed by atoms with Gasteiger partial charge in [-0.3, -0.25) is 9.36 Å². The molecule has 0 N–H and O–H groups in total. The number of benzene rings is 1. The van der Waals surface area contributed by atoms with Gasteiger partial charge in [0.15, 0.2) is 5.16 Å². The van der Waals surface area contributed by atoms with Gasteiger partial charge in [0.2, 0.25) is 0 Å². The van der Waals surface area contributed by atoms with E-state index in [1.807, 2.05) is 34.9 Å². The lowest BCUT2D eigenvalue weighted by molar-refractivity contribution is -0.141. The summed E-state index contributed by atoms with van der Waals surface area (Å²) in [6.07, 6.45) is 9.29. The molecule has 4 aliphatic carbocycles. The van der Waals surface area contributed by atoms with Crippen molar-refractivity contribution in [1.29, 1.82) is 0 Å². The molecule has 6 rings (SSSR count). The second-order valence-corrected chi connectivity index (χ2v) is 9.17. The van der Waals surface area contributed by atoms with E-state index in [1.54, 1.807) is 18.1 Å². The second kappa shape index (κ2) is 5.97. The molecule has 4 nitrogen and oxygen atoms in total. The molecule has 0 aliphatic heterocycles. The number of para-hydroxylation sites is 1. The summed E-state index contributed by atoms with van der Waals surface area (Å²) < 4.78 is 1.97. The van der Waals surface area contributed by atoms with Crippen molar-refractivity contribution < 1.29 is 4.79 Å². The molecule has 25 heavy (non-hydrogen) atoms. The highest BCUT2D eigenvalue weighted by atomic mass is 32.2. The summed E-state index contributed by atoms with van der Waals surface area (Å²) in [7, 11) is 0. The van der Waals surface area contributed by atoms with Crippen LogP contribution in [0.5, 0.6) is 0 Å². The molecule has 4 bridgehead atoms. The van der Waals surface area contributed by atoms with Crippen LogP contribution in [0.1, 0.15) is 38.5 Å². The van der Waals surface area contributed by atoms with Crippen molar-refractivity contribution in [3.63, 3.8) is 0 Å². The van der Waals surface area contributed by atoms with Crippen molar-refractivity contribution in [3.8, 4) is 5.69 Å². The molecule has 1 heterocycles. The van der Waals surface area contributed by atoms with Gasteiger partial charge >= 0.3 is 0 Å². The van der Waals surface area contributed by atoms with Gasteiger partial charge in [-0.05, 0) is 68.4 Å². The average Bonchev–Trinajstić information content (AvgIpc) is 3.08. The third kappa shape index (κ3) is 2.73. The normalized spacial score (nSPS) is 32.9. The van der Waals surface area contributed by atoms with Crippen molar-refractivity contribution in [3.05, 3.63) is 36.7 Å². The molecule has 0 amide bonds. The third-order valence-corrected chi connectivity index (χ3v) is 7.46. The maximum absolute atomic E-state index is 13.2. The van der Waals surface area contributed by atoms with Crippen LogP contribution in [0.4, 0.5) is 0 Å². The van der Waals surface area contributed by atoms with Gasteiger partial charge in [0.25, 0.3) is 0 Å². The third-order valence-electron chi connectivity index (χ3n) is 6.51. The molecular weight excluding hydrogens is 330 g/mol. The molecule has 1 aromatic carbocycles. The summed E-state index contributed by atoms with van der Waals surface area (Å²) in [5, 5.41) is 9.09. The minimum Gasteiger partial charge on any atom is -0.298 e. The molecule has 4 saturated carbocycles. The van der Waals surface area contributed by atoms with Gasteiger partial charge in [-0.15, -0.1) is 10.2 Å². The molecular formula is C20H23N3OS. The first kappa shape index (κ1) is 15.6. The summed E-state index contributed by atoms with van der Waals surface area (Å²) in [6, 6.07) is 10.1. The maximum atomic E-state index is 13.2. The number of ketones is 1. The Morgan fingerprint density at radius 3 is 2.36 bits per heavy atom. The minimum atomic E-state index is -0.0145. The summed E-state index contributed by atoms with van der Waals surface area (Å²) in [6.45, 7) is 0. The van der Waals surface area contributed by atoms with Crippen molar-refractivity contribution in [2.75, 3.05) is 5.75 Å². The van der Waals surface area contributed by atoms with Gasteiger partial charge in [-0.2, -0.15) is 0 Å². The first-order valence-electron chi connectivity index (χ1n) is 9.33. The zero-order valence-corrected chi connectivity index (χ0v) is 15.1. The SMILES string of the molecule is O=C(CSc1nncn1-c1ccccc1)C12CC3CC(CC(C3)C1)C2. The summed E-state index contributed by atoms with van der Waals surface area (Å²) in [5.74, 6) is 3.42. The Labute approximate surface area is 152 Å². The maximum Gasteiger partial charge on any atom is 0.196 e. The van der Waals surface area contributed by atoms with Crippen LogP contribution < -0.4 is 0 Å². The predicted octanol–water partition coefficient (Wildman–Crippen LogP) is 4.14. The van der Waals surface area contributed by atoms with Crippen LogP contribution in [-0.4, -0.2) is 26.3 Å². The Kier molecular flexibility index (Phi) is 3.73. The lowest BCUT2D eigenvalue weighted by Gasteiger charge is -2.56. The van der Waals surface area contributed by atoms with Crippen LogP contribution in [0, 0.1) is 23.2 Å². The molecule has 4 fully saturated rings. The van der Waals surface area contributed by atoms with Gasteiger partial charge in [-0.25, -0.2) is 0 Å². The van der Waals surface area contributed by atoms with Crippen LogP contribution in [0.25, 0.3) is 5.69 Å². The molecule has 4 aliphatic rings. The van der Waals surface area contributed by atoms with Crippen LogP contribution in [-0.2, 0) is 4.79 Å². The topological polar surface area (TPSA) is 47.8 Å². The van der Waals surface area contributed by atoms with E-state index >= 15 is 0 Å². The Balaban J connectivity index is 1.31. The fourth-order valence-electron chi connectivity index (χ4n) is 5.82. The second-order valence-electron chi connectivity index (χ2n) is 8.23. The van der Waals surface area contributed by atoms with E-state index < -0.39 is 0 Å². The number of carbonyl (C=O) groups excluding carboxylic acids is 1. The van der Waals surface area contributed by atoms with E-state index in [1.165, 1.54) is 19.3 Å². The molecule has 0 saturated heterocycles. The van der Waals surface area contributed by atoms with Crippen molar-refractivity contribution in [2.24, 2.45) is 23.2 Å². The molecule has 2 aromatic rings. The summed E-state index contributed by atoms with van der Waals surface area (Å²) in [4.78, 5) is 13.2. The summed E-state index contributed by atoms with van der Waals surface area (Å²) in [5.41, 5.74) is 1.02. The van der Waals surface area contributed by atoms with Crippen molar-refractivity contribution >= 4 is 17.5 Å². The first-order valence-corrected chi connectivity index (χ1v) is 10.3.